The van der Waals surface area contributed by atoms with E-state index < -0.39 is 5.97 Å². The quantitative estimate of drug-likeness (QED) is 0.797. The first-order chi connectivity index (χ1) is 9.54. The molecular weight excluding hydrogens is 280 g/mol. The minimum Gasteiger partial charge on any atom is -0.478 e. The van der Waals surface area contributed by atoms with E-state index in [2.05, 4.69) is 10.6 Å². The Morgan fingerprint density at radius 2 is 2.20 bits per heavy atom. The third-order valence-corrected chi connectivity index (χ3v) is 3.52. The maximum absolute atomic E-state index is 11.9. The van der Waals surface area contributed by atoms with Crippen molar-refractivity contribution in [3.63, 3.8) is 0 Å². The van der Waals surface area contributed by atoms with Crippen LogP contribution in [-0.2, 0) is 4.79 Å². The molecule has 1 aliphatic heterocycles. The van der Waals surface area contributed by atoms with Crippen LogP contribution in [0, 0.1) is 5.92 Å². The average Bonchev–Trinajstić information content (AvgIpc) is 2.38. The van der Waals surface area contributed by atoms with Crippen LogP contribution >= 0.6 is 11.6 Å². The third-order valence-electron chi connectivity index (χ3n) is 3.30. The lowest BCUT2D eigenvalue weighted by atomic mass is 9.96. The zero-order valence-electron chi connectivity index (χ0n) is 11.0. The van der Waals surface area contributed by atoms with Gasteiger partial charge in [-0.3, -0.25) is 4.79 Å². The van der Waals surface area contributed by atoms with E-state index >= 15 is 0 Å². The van der Waals surface area contributed by atoms with Crippen LogP contribution in [0.15, 0.2) is 18.2 Å². The highest BCUT2D eigenvalue weighted by Crippen LogP contribution is 2.20. The van der Waals surface area contributed by atoms with Gasteiger partial charge in [-0.2, -0.15) is 0 Å². The first-order valence-corrected chi connectivity index (χ1v) is 6.97. The fraction of sp³-hybridized carbons (Fsp3) is 0.429. The van der Waals surface area contributed by atoms with Crippen LogP contribution in [0.1, 0.15) is 29.6 Å². The molecule has 0 bridgehead atoms. The molecule has 2 rings (SSSR count). The number of carbonyl (C=O) groups is 2. The van der Waals surface area contributed by atoms with Gasteiger partial charge < -0.3 is 15.7 Å². The molecule has 1 saturated heterocycles. The Bertz CT molecular complexity index is 513. The minimum absolute atomic E-state index is 0.0622. The summed E-state index contributed by atoms with van der Waals surface area (Å²) in [6.07, 6.45) is 2.55. The average molecular weight is 297 g/mol. The normalized spacial score (nSPS) is 18.6. The van der Waals surface area contributed by atoms with Crippen LogP contribution in [0.2, 0.25) is 5.02 Å². The van der Waals surface area contributed by atoms with Crippen LogP contribution in [-0.4, -0.2) is 30.1 Å². The number of hydrogen-bond donors (Lipinski definition) is 3. The monoisotopic (exact) mass is 296 g/mol. The molecule has 0 spiro atoms. The van der Waals surface area contributed by atoms with Crippen LogP contribution in [0.3, 0.4) is 0 Å². The van der Waals surface area contributed by atoms with E-state index in [1.54, 1.807) is 6.07 Å². The first kappa shape index (κ1) is 14.8. The number of benzene rings is 1. The van der Waals surface area contributed by atoms with Gasteiger partial charge in [0.25, 0.3) is 0 Å². The molecule has 1 aromatic rings. The molecule has 0 saturated carbocycles. The largest absolute Gasteiger partial charge is 0.478 e. The number of amides is 1. The van der Waals surface area contributed by atoms with Crippen molar-refractivity contribution < 1.29 is 14.7 Å². The maximum Gasteiger partial charge on any atom is 0.335 e. The van der Waals surface area contributed by atoms with Gasteiger partial charge in [0.1, 0.15) is 0 Å². The molecule has 1 heterocycles. The van der Waals surface area contributed by atoms with Crippen molar-refractivity contribution in [2.75, 3.05) is 18.4 Å². The van der Waals surface area contributed by atoms with Crippen molar-refractivity contribution in [1.29, 1.82) is 0 Å². The number of piperidine rings is 1. The summed E-state index contributed by atoms with van der Waals surface area (Å²) >= 11 is 5.84. The Kier molecular flexibility index (Phi) is 4.98. The highest BCUT2D eigenvalue weighted by Gasteiger charge is 2.17. The van der Waals surface area contributed by atoms with E-state index in [0.29, 0.717) is 23.0 Å². The van der Waals surface area contributed by atoms with Crippen LogP contribution < -0.4 is 10.6 Å². The van der Waals surface area contributed by atoms with Crippen molar-refractivity contribution >= 4 is 29.2 Å². The SMILES string of the molecule is O=C(CC1CCCNC1)Nc1cc(Cl)cc(C(=O)O)c1. The maximum atomic E-state index is 11.9. The molecule has 6 heteroatoms. The van der Waals surface area contributed by atoms with Gasteiger partial charge in [-0.15, -0.1) is 0 Å². The number of anilines is 1. The van der Waals surface area contributed by atoms with Gasteiger partial charge in [0.2, 0.25) is 5.91 Å². The second-order valence-electron chi connectivity index (χ2n) is 5.00. The summed E-state index contributed by atoms with van der Waals surface area (Å²) < 4.78 is 0. The molecule has 1 aliphatic rings. The number of halogens is 1. The van der Waals surface area contributed by atoms with Gasteiger partial charge in [-0.25, -0.2) is 4.79 Å². The van der Waals surface area contributed by atoms with Gasteiger partial charge in [0.05, 0.1) is 5.56 Å². The van der Waals surface area contributed by atoms with E-state index in [1.807, 2.05) is 0 Å². The number of carboxylic acids is 1. The molecule has 3 N–H and O–H groups in total. The Morgan fingerprint density at radius 3 is 2.85 bits per heavy atom. The summed E-state index contributed by atoms with van der Waals surface area (Å²) in [4.78, 5) is 22.9. The summed E-state index contributed by atoms with van der Waals surface area (Å²) in [6.45, 7) is 1.86. The van der Waals surface area contributed by atoms with Gasteiger partial charge in [-0.05, 0) is 50.0 Å². The fourth-order valence-corrected chi connectivity index (χ4v) is 2.59. The zero-order valence-corrected chi connectivity index (χ0v) is 11.7. The predicted molar refractivity (Wildman–Crippen MR) is 77.3 cm³/mol. The molecule has 108 valence electrons. The third kappa shape index (κ3) is 4.21. The lowest BCUT2D eigenvalue weighted by Crippen LogP contribution is -2.32. The Morgan fingerprint density at radius 1 is 1.40 bits per heavy atom. The van der Waals surface area contributed by atoms with E-state index in [-0.39, 0.29) is 11.5 Å². The highest BCUT2D eigenvalue weighted by molar-refractivity contribution is 6.31. The predicted octanol–water partition coefficient (Wildman–Crippen LogP) is 2.37. The fourth-order valence-electron chi connectivity index (χ4n) is 2.36. The lowest BCUT2D eigenvalue weighted by molar-refractivity contribution is -0.117. The Balaban J connectivity index is 1.98. The second kappa shape index (κ2) is 6.72. The van der Waals surface area contributed by atoms with Crippen LogP contribution in [0.5, 0.6) is 0 Å². The summed E-state index contributed by atoms with van der Waals surface area (Å²) in [5, 5.41) is 15.2. The van der Waals surface area contributed by atoms with Crippen molar-refractivity contribution in [3.8, 4) is 0 Å². The van der Waals surface area contributed by atoms with Crippen molar-refractivity contribution in [1.82, 2.24) is 5.32 Å². The molecule has 0 radical (unpaired) electrons. The first-order valence-electron chi connectivity index (χ1n) is 6.59. The number of aromatic carboxylic acids is 1. The number of carboxylic acid groups (broad SMARTS) is 1. The van der Waals surface area contributed by atoms with Crippen LogP contribution in [0.25, 0.3) is 0 Å². The molecule has 1 unspecified atom stereocenters. The van der Waals surface area contributed by atoms with Crippen molar-refractivity contribution in [2.45, 2.75) is 19.3 Å². The molecule has 0 aromatic heterocycles. The van der Waals surface area contributed by atoms with Crippen LogP contribution in [0.4, 0.5) is 5.69 Å². The second-order valence-corrected chi connectivity index (χ2v) is 5.43. The van der Waals surface area contributed by atoms with Crippen molar-refractivity contribution in [3.05, 3.63) is 28.8 Å². The van der Waals surface area contributed by atoms with Gasteiger partial charge >= 0.3 is 5.97 Å². The molecule has 1 amide bonds. The zero-order chi connectivity index (χ0) is 14.5. The van der Waals surface area contributed by atoms with E-state index in [9.17, 15) is 9.59 Å². The summed E-state index contributed by atoms with van der Waals surface area (Å²) in [5.74, 6) is -0.848. The highest BCUT2D eigenvalue weighted by atomic mass is 35.5. The topological polar surface area (TPSA) is 78.4 Å². The number of nitrogens with one attached hydrogen (secondary N) is 2. The van der Waals surface area contributed by atoms with E-state index in [4.69, 9.17) is 16.7 Å². The summed E-state index contributed by atoms with van der Waals surface area (Å²) in [7, 11) is 0. The number of hydrogen-bond acceptors (Lipinski definition) is 3. The Hall–Kier alpha value is -1.59. The summed E-state index contributed by atoms with van der Waals surface area (Å²) in [5.41, 5.74) is 0.482. The standard InChI is InChI=1S/C14H17ClN2O3/c15-11-5-10(14(19)20)6-12(7-11)17-13(18)4-9-2-1-3-16-8-9/h5-7,9,16H,1-4,8H2,(H,17,18)(H,19,20). The lowest BCUT2D eigenvalue weighted by Gasteiger charge is -2.22. The smallest absolute Gasteiger partial charge is 0.335 e. The molecule has 5 nitrogen and oxygen atoms in total. The molecule has 1 fully saturated rings. The van der Waals surface area contributed by atoms with Gasteiger partial charge in [0.15, 0.2) is 0 Å². The molecule has 0 aliphatic carbocycles. The summed E-state index contributed by atoms with van der Waals surface area (Å²) in [6, 6.07) is 4.31. The van der Waals surface area contributed by atoms with Gasteiger partial charge in [0, 0.05) is 17.1 Å². The molecule has 1 atom stereocenters. The van der Waals surface area contributed by atoms with E-state index in [0.717, 1.165) is 25.9 Å². The van der Waals surface area contributed by atoms with Gasteiger partial charge in [-0.1, -0.05) is 11.6 Å². The molecule has 1 aromatic carbocycles. The molecule has 20 heavy (non-hydrogen) atoms. The van der Waals surface area contributed by atoms with Crippen molar-refractivity contribution in [2.24, 2.45) is 5.92 Å². The minimum atomic E-state index is -1.07. The Labute approximate surface area is 122 Å². The molecular formula is C14H17ClN2O3. The number of rotatable bonds is 4. The van der Waals surface area contributed by atoms with E-state index in [1.165, 1.54) is 12.1 Å². The number of carbonyl (C=O) groups excluding carboxylic acids is 1.